The number of carbonyl (C=O) groups is 2. The number of hydrogen-bond acceptors (Lipinski definition) is 4. The highest BCUT2D eigenvalue weighted by atomic mass is 16.4. The van der Waals surface area contributed by atoms with E-state index >= 15 is 0 Å². The molecule has 1 fully saturated rings. The first-order chi connectivity index (χ1) is 10.1. The molecular formula is C15H20N2O4. The lowest BCUT2D eigenvalue weighted by molar-refractivity contribution is -0.142. The van der Waals surface area contributed by atoms with Crippen molar-refractivity contribution in [1.29, 1.82) is 0 Å². The van der Waals surface area contributed by atoms with Gasteiger partial charge in [0.1, 0.15) is 6.04 Å². The van der Waals surface area contributed by atoms with Gasteiger partial charge in [-0.15, -0.1) is 0 Å². The van der Waals surface area contributed by atoms with E-state index in [4.69, 9.17) is 5.11 Å². The molecule has 0 spiro atoms. The molecule has 1 saturated heterocycles. The average molecular weight is 292 g/mol. The Morgan fingerprint density at radius 3 is 2.67 bits per heavy atom. The monoisotopic (exact) mass is 292 g/mol. The minimum absolute atomic E-state index is 0.00279. The predicted molar refractivity (Wildman–Crippen MR) is 76.8 cm³/mol. The lowest BCUT2D eigenvalue weighted by Gasteiger charge is -2.19. The van der Waals surface area contributed by atoms with Crippen molar-refractivity contribution in [2.45, 2.75) is 25.0 Å². The smallest absolute Gasteiger partial charge is 0.321 e. The first-order valence-electron chi connectivity index (χ1n) is 7.02. The SMILES string of the molecule is O=C(CN1CC(O)CC1C(=O)O)NCCc1ccccc1. The average Bonchev–Trinajstić information content (AvgIpc) is 2.81. The number of hydrogen-bond donors (Lipinski definition) is 3. The number of benzene rings is 1. The van der Waals surface area contributed by atoms with Gasteiger partial charge >= 0.3 is 5.97 Å². The summed E-state index contributed by atoms with van der Waals surface area (Å²) in [4.78, 5) is 24.4. The van der Waals surface area contributed by atoms with Crippen LogP contribution < -0.4 is 5.32 Å². The number of rotatable bonds is 6. The summed E-state index contributed by atoms with van der Waals surface area (Å²) in [5.74, 6) is -1.21. The van der Waals surface area contributed by atoms with E-state index in [2.05, 4.69) is 5.32 Å². The molecule has 2 rings (SSSR count). The Morgan fingerprint density at radius 2 is 2.00 bits per heavy atom. The zero-order valence-electron chi connectivity index (χ0n) is 11.7. The normalized spacial score (nSPS) is 22.1. The topological polar surface area (TPSA) is 89.9 Å². The lowest BCUT2D eigenvalue weighted by Crippen LogP contribution is -2.43. The fourth-order valence-corrected chi connectivity index (χ4v) is 2.54. The summed E-state index contributed by atoms with van der Waals surface area (Å²) >= 11 is 0. The third kappa shape index (κ3) is 4.54. The molecule has 1 aliphatic rings. The third-order valence-corrected chi connectivity index (χ3v) is 3.59. The molecule has 21 heavy (non-hydrogen) atoms. The van der Waals surface area contributed by atoms with Gasteiger partial charge in [0.15, 0.2) is 0 Å². The van der Waals surface area contributed by atoms with Gasteiger partial charge in [-0.05, 0) is 12.0 Å². The summed E-state index contributed by atoms with van der Waals surface area (Å²) in [6.07, 6.45) is 0.229. The van der Waals surface area contributed by atoms with Crippen molar-refractivity contribution >= 4 is 11.9 Å². The first kappa shape index (κ1) is 15.5. The van der Waals surface area contributed by atoms with Crippen LogP contribution in [0.25, 0.3) is 0 Å². The fourth-order valence-electron chi connectivity index (χ4n) is 2.54. The second-order valence-electron chi connectivity index (χ2n) is 5.26. The number of aliphatic hydroxyl groups excluding tert-OH is 1. The molecule has 3 N–H and O–H groups in total. The van der Waals surface area contributed by atoms with Crippen molar-refractivity contribution in [2.24, 2.45) is 0 Å². The Labute approximate surface area is 123 Å². The minimum atomic E-state index is -0.997. The van der Waals surface area contributed by atoms with Crippen molar-refractivity contribution in [3.8, 4) is 0 Å². The highest BCUT2D eigenvalue weighted by Gasteiger charge is 2.36. The van der Waals surface area contributed by atoms with Crippen LogP contribution in [0.4, 0.5) is 0 Å². The van der Waals surface area contributed by atoms with E-state index in [9.17, 15) is 14.7 Å². The number of carboxylic acids is 1. The van der Waals surface area contributed by atoms with Gasteiger partial charge in [0, 0.05) is 19.5 Å². The number of carboxylic acid groups (broad SMARTS) is 1. The molecule has 1 aromatic rings. The Bertz CT molecular complexity index is 492. The molecule has 2 atom stereocenters. The van der Waals surface area contributed by atoms with E-state index in [-0.39, 0.29) is 25.4 Å². The molecule has 0 bridgehead atoms. The van der Waals surface area contributed by atoms with Crippen LogP contribution >= 0.6 is 0 Å². The van der Waals surface area contributed by atoms with Gasteiger partial charge in [0.25, 0.3) is 0 Å². The zero-order valence-corrected chi connectivity index (χ0v) is 11.7. The van der Waals surface area contributed by atoms with E-state index in [0.29, 0.717) is 6.54 Å². The summed E-state index contributed by atoms with van der Waals surface area (Å²) in [5.41, 5.74) is 1.14. The Kier molecular flexibility index (Phi) is 5.30. The highest BCUT2D eigenvalue weighted by molar-refractivity contribution is 5.80. The van der Waals surface area contributed by atoms with Gasteiger partial charge in [0.2, 0.25) is 5.91 Å². The highest BCUT2D eigenvalue weighted by Crippen LogP contribution is 2.17. The number of β-amino-alcohol motifs (C(OH)–C–C–N with tert-alkyl or cyclic N) is 1. The van der Waals surface area contributed by atoms with Crippen molar-refractivity contribution in [2.75, 3.05) is 19.6 Å². The molecule has 1 aliphatic heterocycles. The maximum atomic E-state index is 11.8. The van der Waals surface area contributed by atoms with Gasteiger partial charge in [0.05, 0.1) is 12.6 Å². The molecule has 1 amide bonds. The zero-order chi connectivity index (χ0) is 15.2. The van der Waals surface area contributed by atoms with Crippen LogP contribution in [0.1, 0.15) is 12.0 Å². The molecule has 0 radical (unpaired) electrons. The quantitative estimate of drug-likeness (QED) is 0.679. The standard InChI is InChI=1S/C15H20N2O4/c18-12-8-13(15(20)21)17(9-12)10-14(19)16-7-6-11-4-2-1-3-5-11/h1-5,12-13,18H,6-10H2,(H,16,19)(H,20,21). The summed E-state index contributed by atoms with van der Waals surface area (Å²) in [7, 11) is 0. The molecule has 0 saturated carbocycles. The lowest BCUT2D eigenvalue weighted by atomic mass is 10.1. The Hall–Kier alpha value is -1.92. The molecule has 6 heteroatoms. The van der Waals surface area contributed by atoms with E-state index in [0.717, 1.165) is 12.0 Å². The second-order valence-corrected chi connectivity index (χ2v) is 5.26. The molecule has 114 valence electrons. The van der Waals surface area contributed by atoms with Gasteiger partial charge in [-0.3, -0.25) is 14.5 Å². The summed E-state index contributed by atoms with van der Waals surface area (Å²) in [6.45, 7) is 0.739. The number of likely N-dealkylation sites (tertiary alicyclic amines) is 1. The Balaban J connectivity index is 1.75. The summed E-state index contributed by atoms with van der Waals surface area (Å²) in [5, 5.41) is 21.4. The molecule has 0 aliphatic carbocycles. The van der Waals surface area contributed by atoms with E-state index in [1.807, 2.05) is 30.3 Å². The number of nitrogens with one attached hydrogen (secondary N) is 1. The summed E-state index contributed by atoms with van der Waals surface area (Å²) < 4.78 is 0. The number of aliphatic hydroxyl groups is 1. The van der Waals surface area contributed by atoms with E-state index < -0.39 is 18.1 Å². The van der Waals surface area contributed by atoms with Crippen LogP contribution in [0.3, 0.4) is 0 Å². The molecule has 0 aromatic heterocycles. The van der Waals surface area contributed by atoms with Gasteiger partial charge in [-0.2, -0.15) is 0 Å². The van der Waals surface area contributed by atoms with Crippen LogP contribution in [0.5, 0.6) is 0 Å². The maximum absolute atomic E-state index is 11.8. The molecule has 1 heterocycles. The second kappa shape index (κ2) is 7.19. The van der Waals surface area contributed by atoms with Crippen LogP contribution in [-0.2, 0) is 16.0 Å². The fraction of sp³-hybridized carbons (Fsp3) is 0.467. The van der Waals surface area contributed by atoms with Crippen LogP contribution in [0.2, 0.25) is 0 Å². The van der Waals surface area contributed by atoms with Crippen molar-refractivity contribution in [1.82, 2.24) is 10.2 Å². The summed E-state index contributed by atoms with van der Waals surface area (Å²) in [6, 6.07) is 9.03. The molecule has 2 unspecified atom stereocenters. The molecule has 1 aromatic carbocycles. The Morgan fingerprint density at radius 1 is 1.29 bits per heavy atom. The van der Waals surface area contributed by atoms with E-state index in [1.54, 1.807) is 0 Å². The van der Waals surface area contributed by atoms with Crippen molar-refractivity contribution in [3.05, 3.63) is 35.9 Å². The van der Waals surface area contributed by atoms with E-state index in [1.165, 1.54) is 4.90 Å². The number of nitrogens with zero attached hydrogens (tertiary/aromatic N) is 1. The minimum Gasteiger partial charge on any atom is -0.480 e. The van der Waals surface area contributed by atoms with Crippen LogP contribution in [-0.4, -0.2) is 58.8 Å². The van der Waals surface area contributed by atoms with Gasteiger partial charge < -0.3 is 15.5 Å². The molecule has 6 nitrogen and oxygen atoms in total. The number of carbonyl (C=O) groups excluding carboxylic acids is 1. The van der Waals surface area contributed by atoms with Crippen LogP contribution in [0, 0.1) is 0 Å². The van der Waals surface area contributed by atoms with Crippen molar-refractivity contribution in [3.63, 3.8) is 0 Å². The largest absolute Gasteiger partial charge is 0.480 e. The first-order valence-corrected chi connectivity index (χ1v) is 7.02. The molecular weight excluding hydrogens is 272 g/mol. The van der Waals surface area contributed by atoms with Crippen LogP contribution in [0.15, 0.2) is 30.3 Å². The van der Waals surface area contributed by atoms with Gasteiger partial charge in [-0.1, -0.05) is 30.3 Å². The predicted octanol–water partition coefficient (Wildman–Crippen LogP) is -0.135. The number of aliphatic carboxylic acids is 1. The van der Waals surface area contributed by atoms with Crippen molar-refractivity contribution < 1.29 is 19.8 Å². The van der Waals surface area contributed by atoms with Gasteiger partial charge in [-0.25, -0.2) is 0 Å². The number of amides is 1. The third-order valence-electron chi connectivity index (χ3n) is 3.59. The maximum Gasteiger partial charge on any atom is 0.321 e.